The molecule has 0 atom stereocenters. The molecule has 0 bridgehead atoms. The van der Waals surface area contributed by atoms with Gasteiger partial charge in [-0.3, -0.25) is 10.2 Å². The number of fused-ring (bicyclic) bond motifs is 1. The third-order valence-corrected chi connectivity index (χ3v) is 4.19. The second-order valence-corrected chi connectivity index (χ2v) is 6.69. The van der Waals surface area contributed by atoms with Crippen molar-refractivity contribution in [3.05, 3.63) is 53.2 Å². The Morgan fingerprint density at radius 1 is 1.36 bits per heavy atom. The summed E-state index contributed by atoms with van der Waals surface area (Å²) in [6.45, 7) is 3.42. The Bertz CT molecular complexity index is 1130. The van der Waals surface area contributed by atoms with Crippen molar-refractivity contribution in [1.29, 1.82) is 5.41 Å². The Morgan fingerprint density at radius 3 is 2.79 bits per heavy atom. The number of halogens is 1. The van der Waals surface area contributed by atoms with Crippen molar-refractivity contribution < 1.29 is 9.18 Å². The third kappa shape index (κ3) is 3.55. The van der Waals surface area contributed by atoms with Crippen LogP contribution in [0.1, 0.15) is 35.5 Å². The standard InChI is InChI=1S/C20H19FN6O/c1-5-20(2,3)27-19(28)13-9-24-18-17(13)26-15(10-25-18)16(22)12-7-6-11(21)8-14(12)23-4/h1,6-10,22-23H,2-4H3,(H,24,25)(H,27,28). The molecule has 0 aliphatic carbocycles. The van der Waals surface area contributed by atoms with E-state index >= 15 is 0 Å². The summed E-state index contributed by atoms with van der Waals surface area (Å²) in [5, 5.41) is 14.1. The summed E-state index contributed by atoms with van der Waals surface area (Å²) in [7, 11) is 1.64. The lowest BCUT2D eigenvalue weighted by molar-refractivity contribution is 0.0931. The average Bonchev–Trinajstić information content (AvgIpc) is 3.10. The van der Waals surface area contributed by atoms with Crippen LogP contribution in [0.15, 0.2) is 30.6 Å². The van der Waals surface area contributed by atoms with Crippen LogP contribution in [0, 0.1) is 23.6 Å². The number of nitrogens with zero attached hydrogens (tertiary/aromatic N) is 2. The summed E-state index contributed by atoms with van der Waals surface area (Å²) in [6.07, 6.45) is 8.35. The molecule has 1 aromatic carbocycles. The fourth-order valence-corrected chi connectivity index (χ4v) is 2.65. The van der Waals surface area contributed by atoms with Gasteiger partial charge in [0.25, 0.3) is 5.91 Å². The zero-order valence-electron chi connectivity index (χ0n) is 15.6. The first kappa shape index (κ1) is 19.0. The molecule has 0 saturated heterocycles. The van der Waals surface area contributed by atoms with E-state index in [4.69, 9.17) is 11.8 Å². The molecule has 0 aliphatic rings. The normalized spacial score (nSPS) is 11.1. The SMILES string of the molecule is C#CC(C)(C)NC(=O)c1c[nH]c2ncc(C(=N)c3ccc(F)cc3NC)nc12. The minimum Gasteiger partial charge on any atom is -0.387 e. The Balaban J connectivity index is 2.02. The Morgan fingerprint density at radius 2 is 2.11 bits per heavy atom. The first-order valence-corrected chi connectivity index (χ1v) is 8.46. The average molecular weight is 378 g/mol. The van der Waals surface area contributed by atoms with Gasteiger partial charge in [0.1, 0.15) is 17.0 Å². The maximum atomic E-state index is 13.5. The topological polar surface area (TPSA) is 107 Å². The van der Waals surface area contributed by atoms with Gasteiger partial charge in [0.05, 0.1) is 23.0 Å². The van der Waals surface area contributed by atoms with Crippen molar-refractivity contribution in [2.45, 2.75) is 19.4 Å². The molecule has 8 heteroatoms. The lowest BCUT2D eigenvalue weighted by Crippen LogP contribution is -2.42. The number of benzene rings is 1. The number of carbonyl (C=O) groups excluding carboxylic acids is 1. The molecule has 0 saturated carbocycles. The van der Waals surface area contributed by atoms with Gasteiger partial charge in [0, 0.05) is 24.5 Å². The summed E-state index contributed by atoms with van der Waals surface area (Å²) < 4.78 is 13.5. The summed E-state index contributed by atoms with van der Waals surface area (Å²) in [5.74, 6) is 1.69. The third-order valence-electron chi connectivity index (χ3n) is 4.19. The molecule has 28 heavy (non-hydrogen) atoms. The molecule has 7 nitrogen and oxygen atoms in total. The summed E-state index contributed by atoms with van der Waals surface area (Å²) in [4.78, 5) is 24.2. The van der Waals surface area contributed by atoms with Crippen molar-refractivity contribution >= 4 is 28.5 Å². The molecule has 0 unspecified atom stereocenters. The largest absolute Gasteiger partial charge is 0.387 e. The Kier molecular flexibility index (Phi) is 4.84. The fourth-order valence-electron chi connectivity index (χ4n) is 2.65. The molecule has 4 N–H and O–H groups in total. The zero-order chi connectivity index (χ0) is 20.5. The van der Waals surface area contributed by atoms with Gasteiger partial charge < -0.3 is 15.6 Å². The second-order valence-electron chi connectivity index (χ2n) is 6.69. The minimum atomic E-state index is -0.825. The van der Waals surface area contributed by atoms with Gasteiger partial charge in [-0.25, -0.2) is 14.4 Å². The number of H-pyrrole nitrogens is 1. The van der Waals surface area contributed by atoms with Crippen molar-refractivity contribution in [2.24, 2.45) is 0 Å². The molecule has 2 heterocycles. The zero-order valence-corrected chi connectivity index (χ0v) is 15.6. The van der Waals surface area contributed by atoms with Gasteiger partial charge in [-0.2, -0.15) is 0 Å². The molecule has 0 aliphatic heterocycles. The molecule has 0 spiro atoms. The second kappa shape index (κ2) is 7.12. The van der Waals surface area contributed by atoms with Gasteiger partial charge in [0.2, 0.25) is 0 Å². The van der Waals surface area contributed by atoms with E-state index in [1.807, 2.05) is 0 Å². The van der Waals surface area contributed by atoms with Gasteiger partial charge in [-0.15, -0.1) is 6.42 Å². The number of nitrogens with one attached hydrogen (secondary N) is 4. The number of carbonyl (C=O) groups is 1. The minimum absolute atomic E-state index is 0.0512. The smallest absolute Gasteiger partial charge is 0.256 e. The number of terminal acetylenes is 1. The summed E-state index contributed by atoms with van der Waals surface area (Å²) >= 11 is 0. The van der Waals surface area contributed by atoms with Crippen LogP contribution in [-0.4, -0.2) is 39.2 Å². The van der Waals surface area contributed by atoms with E-state index in [1.165, 1.54) is 30.6 Å². The van der Waals surface area contributed by atoms with Gasteiger partial charge in [0.15, 0.2) is 5.65 Å². The van der Waals surface area contributed by atoms with E-state index in [9.17, 15) is 9.18 Å². The monoisotopic (exact) mass is 378 g/mol. The Labute approximate surface area is 161 Å². The highest BCUT2D eigenvalue weighted by molar-refractivity contribution is 6.14. The van der Waals surface area contributed by atoms with E-state index in [0.29, 0.717) is 22.4 Å². The van der Waals surface area contributed by atoms with Crippen LogP contribution < -0.4 is 10.6 Å². The van der Waals surface area contributed by atoms with E-state index in [1.54, 1.807) is 20.9 Å². The predicted molar refractivity (Wildman–Crippen MR) is 106 cm³/mol. The first-order valence-electron chi connectivity index (χ1n) is 8.46. The van der Waals surface area contributed by atoms with Crippen molar-refractivity contribution in [2.75, 3.05) is 12.4 Å². The number of rotatable bonds is 5. The van der Waals surface area contributed by atoms with E-state index in [-0.39, 0.29) is 17.0 Å². The summed E-state index contributed by atoms with van der Waals surface area (Å²) in [5.41, 5.74) is 1.40. The maximum absolute atomic E-state index is 13.5. The highest BCUT2D eigenvalue weighted by Crippen LogP contribution is 2.21. The number of hydrogen-bond acceptors (Lipinski definition) is 5. The molecular formula is C20H19FN6O. The molecule has 0 fully saturated rings. The first-order chi connectivity index (χ1) is 13.3. The van der Waals surface area contributed by atoms with Crippen LogP contribution in [0.3, 0.4) is 0 Å². The lowest BCUT2D eigenvalue weighted by atomic mass is 10.0. The highest BCUT2D eigenvalue weighted by atomic mass is 19.1. The van der Waals surface area contributed by atoms with Crippen LogP contribution in [0.5, 0.6) is 0 Å². The molecule has 3 aromatic rings. The molecule has 2 aromatic heterocycles. The predicted octanol–water partition coefficient (Wildman–Crippen LogP) is 2.70. The summed E-state index contributed by atoms with van der Waals surface area (Å²) in [6, 6.07) is 4.07. The van der Waals surface area contributed by atoms with Crippen LogP contribution in [0.4, 0.5) is 10.1 Å². The van der Waals surface area contributed by atoms with Gasteiger partial charge in [-0.1, -0.05) is 5.92 Å². The van der Waals surface area contributed by atoms with Crippen LogP contribution in [0.25, 0.3) is 11.2 Å². The molecule has 142 valence electrons. The number of aromatic amines is 1. The number of aromatic nitrogens is 3. The number of hydrogen-bond donors (Lipinski definition) is 4. The van der Waals surface area contributed by atoms with Crippen molar-refractivity contribution in [3.8, 4) is 12.3 Å². The van der Waals surface area contributed by atoms with E-state index in [0.717, 1.165) is 0 Å². The molecule has 0 radical (unpaired) electrons. The van der Waals surface area contributed by atoms with E-state index in [2.05, 4.69) is 31.5 Å². The van der Waals surface area contributed by atoms with Crippen LogP contribution >= 0.6 is 0 Å². The van der Waals surface area contributed by atoms with Gasteiger partial charge >= 0.3 is 0 Å². The number of anilines is 1. The molecule has 1 amide bonds. The Hall–Kier alpha value is -3.73. The highest BCUT2D eigenvalue weighted by Gasteiger charge is 2.22. The van der Waals surface area contributed by atoms with E-state index < -0.39 is 17.3 Å². The van der Waals surface area contributed by atoms with Crippen molar-refractivity contribution in [1.82, 2.24) is 20.3 Å². The van der Waals surface area contributed by atoms with Gasteiger partial charge in [-0.05, 0) is 32.0 Å². The number of amides is 1. The molecule has 3 rings (SSSR count). The lowest BCUT2D eigenvalue weighted by Gasteiger charge is -2.19. The van der Waals surface area contributed by atoms with Crippen LogP contribution in [-0.2, 0) is 0 Å². The van der Waals surface area contributed by atoms with Crippen LogP contribution in [0.2, 0.25) is 0 Å². The fraction of sp³-hybridized carbons (Fsp3) is 0.200. The van der Waals surface area contributed by atoms with Crippen molar-refractivity contribution in [3.63, 3.8) is 0 Å². The maximum Gasteiger partial charge on any atom is 0.256 e. The quantitative estimate of drug-likeness (QED) is 0.404. The molecular weight excluding hydrogens is 359 g/mol.